The van der Waals surface area contributed by atoms with E-state index in [-0.39, 0.29) is 31.3 Å². The van der Waals surface area contributed by atoms with Crippen molar-refractivity contribution < 1.29 is 9.90 Å². The Morgan fingerprint density at radius 2 is 1.95 bits per heavy atom. The molecule has 1 N–H and O–H groups in total. The quantitative estimate of drug-likeness (QED) is 0.848. The van der Waals surface area contributed by atoms with Crippen molar-refractivity contribution in [2.75, 3.05) is 19.7 Å². The first-order valence-electron chi connectivity index (χ1n) is 6.63. The second-order valence-electron chi connectivity index (χ2n) is 4.61. The molecule has 0 spiro atoms. The smallest absolute Gasteiger partial charge is 0.329 e. The van der Waals surface area contributed by atoms with Gasteiger partial charge < -0.3 is 10.0 Å². The van der Waals surface area contributed by atoms with Crippen molar-refractivity contribution in [1.82, 2.24) is 14.0 Å². The number of fused-ring (bicyclic) bond motifs is 1. The number of rotatable bonds is 5. The van der Waals surface area contributed by atoms with Crippen LogP contribution in [0.15, 0.2) is 29.1 Å². The van der Waals surface area contributed by atoms with Gasteiger partial charge in [-0.1, -0.05) is 12.1 Å². The number of imidazole rings is 1. The Morgan fingerprint density at radius 3 is 2.55 bits per heavy atom. The van der Waals surface area contributed by atoms with Gasteiger partial charge in [0.25, 0.3) is 0 Å². The first kappa shape index (κ1) is 14.3. The largest absolute Gasteiger partial charge is 0.395 e. The summed E-state index contributed by atoms with van der Waals surface area (Å²) in [5.41, 5.74) is 1.34. The lowest BCUT2D eigenvalue weighted by molar-refractivity contribution is -0.132. The van der Waals surface area contributed by atoms with E-state index in [2.05, 4.69) is 0 Å². The van der Waals surface area contributed by atoms with Crippen molar-refractivity contribution in [2.24, 2.45) is 7.05 Å². The number of aliphatic hydroxyl groups is 1. The molecule has 0 bridgehead atoms. The molecule has 0 radical (unpaired) electrons. The number of para-hydroxylation sites is 2. The summed E-state index contributed by atoms with van der Waals surface area (Å²) in [4.78, 5) is 25.9. The van der Waals surface area contributed by atoms with Crippen LogP contribution in [0.4, 0.5) is 0 Å². The van der Waals surface area contributed by atoms with E-state index >= 15 is 0 Å². The van der Waals surface area contributed by atoms with E-state index in [1.165, 1.54) is 14.0 Å². The fourth-order valence-corrected chi connectivity index (χ4v) is 2.33. The summed E-state index contributed by atoms with van der Waals surface area (Å²) in [5, 5.41) is 8.95. The summed E-state index contributed by atoms with van der Waals surface area (Å²) in [7, 11) is 1.69. The van der Waals surface area contributed by atoms with Gasteiger partial charge in [0.05, 0.1) is 17.6 Å². The molecule has 0 unspecified atom stereocenters. The highest BCUT2D eigenvalue weighted by Crippen LogP contribution is 2.11. The lowest BCUT2D eigenvalue weighted by atomic mass is 10.3. The maximum atomic E-state index is 12.2. The van der Waals surface area contributed by atoms with Crippen molar-refractivity contribution in [3.8, 4) is 0 Å². The van der Waals surface area contributed by atoms with Crippen LogP contribution in [0.5, 0.6) is 0 Å². The summed E-state index contributed by atoms with van der Waals surface area (Å²) in [6, 6.07) is 7.38. The normalized spacial score (nSPS) is 10.9. The SMILES string of the molecule is CCN(CCO)C(=O)Cn1c(=O)n(C)c2ccccc21. The van der Waals surface area contributed by atoms with E-state index in [9.17, 15) is 9.59 Å². The molecule has 0 saturated carbocycles. The number of aliphatic hydroxyl groups excluding tert-OH is 1. The van der Waals surface area contributed by atoms with Gasteiger partial charge in [0.2, 0.25) is 5.91 Å². The number of likely N-dealkylation sites (N-methyl/N-ethyl adjacent to an activating group) is 1. The van der Waals surface area contributed by atoms with Gasteiger partial charge in [-0.25, -0.2) is 4.79 Å². The highest BCUT2D eigenvalue weighted by Gasteiger charge is 2.16. The van der Waals surface area contributed by atoms with Crippen LogP contribution in [0.2, 0.25) is 0 Å². The van der Waals surface area contributed by atoms with Crippen LogP contribution < -0.4 is 5.69 Å². The van der Waals surface area contributed by atoms with E-state index in [0.29, 0.717) is 6.54 Å². The Hall–Kier alpha value is -2.08. The molecule has 1 aromatic heterocycles. The lowest BCUT2D eigenvalue weighted by Gasteiger charge is -2.19. The molecule has 1 aromatic carbocycles. The average Bonchev–Trinajstić information content (AvgIpc) is 2.70. The molecule has 6 heteroatoms. The van der Waals surface area contributed by atoms with Crippen LogP contribution >= 0.6 is 0 Å². The number of aryl methyl sites for hydroxylation is 1. The third-order valence-corrected chi connectivity index (χ3v) is 3.45. The van der Waals surface area contributed by atoms with Crippen LogP contribution in [0.25, 0.3) is 11.0 Å². The van der Waals surface area contributed by atoms with E-state index in [1.54, 1.807) is 7.05 Å². The highest BCUT2D eigenvalue weighted by atomic mass is 16.3. The first-order valence-corrected chi connectivity index (χ1v) is 6.63. The van der Waals surface area contributed by atoms with Crippen molar-refractivity contribution in [3.63, 3.8) is 0 Å². The Kier molecular flexibility index (Phi) is 4.24. The fourth-order valence-electron chi connectivity index (χ4n) is 2.33. The molecule has 1 heterocycles. The zero-order chi connectivity index (χ0) is 14.7. The van der Waals surface area contributed by atoms with Gasteiger partial charge in [0.15, 0.2) is 0 Å². The minimum absolute atomic E-state index is 0.00593. The number of hydrogen-bond donors (Lipinski definition) is 1. The topological polar surface area (TPSA) is 67.5 Å². The molecule has 0 aliphatic rings. The minimum atomic E-state index is -0.209. The monoisotopic (exact) mass is 277 g/mol. The molecular formula is C14H19N3O3. The zero-order valence-corrected chi connectivity index (χ0v) is 11.7. The fraction of sp³-hybridized carbons (Fsp3) is 0.429. The molecule has 0 saturated heterocycles. The maximum absolute atomic E-state index is 12.2. The summed E-state index contributed by atoms with van der Waals surface area (Å²) >= 11 is 0. The third-order valence-electron chi connectivity index (χ3n) is 3.45. The maximum Gasteiger partial charge on any atom is 0.329 e. The Balaban J connectivity index is 2.37. The Morgan fingerprint density at radius 1 is 1.30 bits per heavy atom. The number of carbonyl (C=O) groups excluding carboxylic acids is 1. The van der Waals surface area contributed by atoms with E-state index in [1.807, 2.05) is 31.2 Å². The number of aromatic nitrogens is 2. The minimum Gasteiger partial charge on any atom is -0.395 e. The summed E-state index contributed by atoms with van der Waals surface area (Å²) in [5.74, 6) is -0.167. The second kappa shape index (κ2) is 5.92. The molecule has 2 aromatic rings. The van der Waals surface area contributed by atoms with Crippen LogP contribution in [0.1, 0.15) is 6.92 Å². The van der Waals surface area contributed by atoms with Gasteiger partial charge in [-0.05, 0) is 19.1 Å². The van der Waals surface area contributed by atoms with Crippen LogP contribution in [0, 0.1) is 0 Å². The Labute approximate surface area is 116 Å². The molecule has 2 rings (SSSR count). The van der Waals surface area contributed by atoms with Crippen LogP contribution in [-0.2, 0) is 18.4 Å². The van der Waals surface area contributed by atoms with Crippen molar-refractivity contribution >= 4 is 16.9 Å². The molecule has 6 nitrogen and oxygen atoms in total. The standard InChI is InChI=1S/C14H19N3O3/c1-3-16(8-9-18)13(19)10-17-12-7-5-4-6-11(12)15(2)14(17)20/h4-7,18H,3,8-10H2,1-2H3. The number of hydrogen-bond acceptors (Lipinski definition) is 3. The molecule has 0 aliphatic carbocycles. The zero-order valence-electron chi connectivity index (χ0n) is 11.7. The van der Waals surface area contributed by atoms with E-state index in [4.69, 9.17) is 5.11 Å². The van der Waals surface area contributed by atoms with Gasteiger partial charge in [-0.2, -0.15) is 0 Å². The average molecular weight is 277 g/mol. The van der Waals surface area contributed by atoms with Crippen LogP contribution in [0.3, 0.4) is 0 Å². The highest BCUT2D eigenvalue weighted by molar-refractivity contribution is 5.81. The number of carbonyl (C=O) groups is 1. The van der Waals surface area contributed by atoms with Gasteiger partial charge >= 0.3 is 5.69 Å². The number of amides is 1. The number of nitrogens with zero attached hydrogens (tertiary/aromatic N) is 3. The molecular weight excluding hydrogens is 258 g/mol. The summed E-state index contributed by atoms with van der Waals surface area (Å²) in [6.07, 6.45) is 0. The van der Waals surface area contributed by atoms with Gasteiger partial charge in [0, 0.05) is 20.1 Å². The predicted octanol–water partition coefficient (Wildman–Crippen LogP) is 0.181. The molecule has 0 fully saturated rings. The van der Waals surface area contributed by atoms with E-state index in [0.717, 1.165) is 11.0 Å². The number of benzene rings is 1. The molecule has 20 heavy (non-hydrogen) atoms. The Bertz CT molecular complexity index is 672. The summed E-state index contributed by atoms with van der Waals surface area (Å²) in [6.45, 7) is 2.56. The van der Waals surface area contributed by atoms with Gasteiger partial charge in [0.1, 0.15) is 6.54 Å². The van der Waals surface area contributed by atoms with Crippen molar-refractivity contribution in [2.45, 2.75) is 13.5 Å². The molecule has 0 aliphatic heterocycles. The van der Waals surface area contributed by atoms with E-state index < -0.39 is 0 Å². The first-order chi connectivity index (χ1) is 9.60. The van der Waals surface area contributed by atoms with Crippen LogP contribution in [-0.4, -0.2) is 44.7 Å². The van der Waals surface area contributed by atoms with Gasteiger partial charge in [-0.3, -0.25) is 13.9 Å². The van der Waals surface area contributed by atoms with Crippen molar-refractivity contribution in [3.05, 3.63) is 34.7 Å². The van der Waals surface area contributed by atoms with Gasteiger partial charge in [-0.15, -0.1) is 0 Å². The summed E-state index contributed by atoms with van der Waals surface area (Å²) < 4.78 is 3.00. The van der Waals surface area contributed by atoms with Crippen molar-refractivity contribution in [1.29, 1.82) is 0 Å². The molecule has 1 amide bonds. The predicted molar refractivity (Wildman–Crippen MR) is 76.5 cm³/mol. The lowest BCUT2D eigenvalue weighted by Crippen LogP contribution is -2.38. The second-order valence-corrected chi connectivity index (χ2v) is 4.61. The third kappa shape index (κ3) is 2.46. The molecule has 0 atom stereocenters. The molecule has 108 valence electrons.